The maximum Gasteiger partial charge on any atom is 0.222 e. The Labute approximate surface area is 103 Å². The van der Waals surface area contributed by atoms with Crippen LogP contribution in [0.1, 0.15) is 46.0 Å². The number of aromatic nitrogens is 2. The molecule has 0 aliphatic rings. The number of hydrogen-bond donors (Lipinski definition) is 1. The van der Waals surface area contributed by atoms with Gasteiger partial charge in [0.1, 0.15) is 0 Å². The van der Waals surface area contributed by atoms with Gasteiger partial charge in [-0.05, 0) is 13.3 Å². The first-order valence-corrected chi connectivity index (χ1v) is 6.34. The topological polar surface area (TPSA) is 37.8 Å². The van der Waals surface area contributed by atoms with Gasteiger partial charge < -0.3 is 5.32 Å². The van der Waals surface area contributed by atoms with Gasteiger partial charge in [-0.2, -0.15) is 0 Å². The van der Waals surface area contributed by atoms with Crippen LogP contribution in [-0.2, 0) is 0 Å². The van der Waals surface area contributed by atoms with Crippen LogP contribution in [0.15, 0.2) is 12.4 Å². The summed E-state index contributed by atoms with van der Waals surface area (Å²) in [5, 5.41) is 3.84. The van der Waals surface area contributed by atoms with E-state index in [0.717, 1.165) is 6.42 Å². The van der Waals surface area contributed by atoms with Gasteiger partial charge in [0, 0.05) is 6.04 Å². The van der Waals surface area contributed by atoms with Crippen LogP contribution in [-0.4, -0.2) is 16.0 Å². The van der Waals surface area contributed by atoms with Gasteiger partial charge in [0.15, 0.2) is 0 Å². The second kappa shape index (κ2) is 7.44. The first kappa shape index (κ1) is 13.2. The molecule has 0 aliphatic carbocycles. The molecule has 1 rings (SSSR count). The molecule has 3 nitrogen and oxygen atoms in total. The van der Waals surface area contributed by atoms with Crippen molar-refractivity contribution in [1.82, 2.24) is 9.97 Å². The number of halogens is 1. The van der Waals surface area contributed by atoms with Crippen LogP contribution in [0.5, 0.6) is 0 Å². The summed E-state index contributed by atoms with van der Waals surface area (Å²) < 4.78 is 0. The number of unbranched alkanes of at least 4 members (excludes halogenated alkanes) is 3. The first-order chi connectivity index (χ1) is 7.72. The van der Waals surface area contributed by atoms with Crippen molar-refractivity contribution in [2.75, 3.05) is 5.32 Å². The molecule has 16 heavy (non-hydrogen) atoms. The summed E-state index contributed by atoms with van der Waals surface area (Å²) in [6.07, 6.45) is 9.55. The third-order valence-electron chi connectivity index (χ3n) is 2.49. The number of rotatable bonds is 7. The molecule has 4 heteroatoms. The molecular formula is C12H20ClN3. The van der Waals surface area contributed by atoms with Crippen LogP contribution >= 0.6 is 11.6 Å². The minimum Gasteiger partial charge on any atom is -0.352 e. The molecule has 1 heterocycles. The van der Waals surface area contributed by atoms with Crippen LogP contribution in [0.4, 0.5) is 5.95 Å². The second-order valence-corrected chi connectivity index (χ2v) is 4.56. The van der Waals surface area contributed by atoms with E-state index in [1.165, 1.54) is 25.7 Å². The van der Waals surface area contributed by atoms with Crippen LogP contribution in [0.25, 0.3) is 0 Å². The van der Waals surface area contributed by atoms with Gasteiger partial charge in [-0.15, -0.1) is 0 Å². The minimum absolute atomic E-state index is 0.415. The van der Waals surface area contributed by atoms with Gasteiger partial charge in [0.25, 0.3) is 0 Å². The third-order valence-corrected chi connectivity index (χ3v) is 2.68. The molecule has 0 amide bonds. The van der Waals surface area contributed by atoms with Gasteiger partial charge >= 0.3 is 0 Å². The van der Waals surface area contributed by atoms with E-state index in [0.29, 0.717) is 17.0 Å². The number of hydrogen-bond acceptors (Lipinski definition) is 3. The summed E-state index contributed by atoms with van der Waals surface area (Å²) in [4.78, 5) is 8.22. The van der Waals surface area contributed by atoms with Crippen LogP contribution < -0.4 is 5.32 Å². The molecule has 1 atom stereocenters. The molecule has 0 spiro atoms. The van der Waals surface area contributed by atoms with Gasteiger partial charge in [-0.1, -0.05) is 44.2 Å². The Balaban J connectivity index is 2.23. The molecule has 0 fully saturated rings. The molecule has 1 N–H and O–H groups in total. The standard InChI is InChI=1S/C12H20ClN3/c1-3-4-5-6-7-10(2)16-12-14-8-11(13)9-15-12/h8-10H,3-7H2,1-2H3,(H,14,15,16). The van der Waals surface area contributed by atoms with Crippen molar-refractivity contribution >= 4 is 17.5 Å². The van der Waals surface area contributed by atoms with E-state index in [1.54, 1.807) is 12.4 Å². The lowest BCUT2D eigenvalue weighted by Crippen LogP contribution is -2.16. The lowest BCUT2D eigenvalue weighted by atomic mass is 10.1. The average molecular weight is 242 g/mol. The first-order valence-electron chi connectivity index (χ1n) is 5.96. The van der Waals surface area contributed by atoms with Crippen molar-refractivity contribution in [3.8, 4) is 0 Å². The number of nitrogens with zero attached hydrogens (tertiary/aromatic N) is 2. The van der Waals surface area contributed by atoms with Crippen LogP contribution in [0.3, 0.4) is 0 Å². The molecular weight excluding hydrogens is 222 g/mol. The van der Waals surface area contributed by atoms with E-state index in [9.17, 15) is 0 Å². The highest BCUT2D eigenvalue weighted by Gasteiger charge is 2.03. The Kier molecular flexibility index (Phi) is 6.16. The van der Waals surface area contributed by atoms with Crippen molar-refractivity contribution < 1.29 is 0 Å². The fourth-order valence-corrected chi connectivity index (χ4v) is 1.65. The zero-order valence-electron chi connectivity index (χ0n) is 10.0. The monoisotopic (exact) mass is 241 g/mol. The summed E-state index contributed by atoms with van der Waals surface area (Å²) in [7, 11) is 0. The van der Waals surface area contributed by atoms with Crippen molar-refractivity contribution in [2.24, 2.45) is 0 Å². The largest absolute Gasteiger partial charge is 0.352 e. The summed E-state index contributed by atoms with van der Waals surface area (Å²) in [5.41, 5.74) is 0. The summed E-state index contributed by atoms with van der Waals surface area (Å²) in [6, 6.07) is 0.415. The molecule has 0 radical (unpaired) electrons. The smallest absolute Gasteiger partial charge is 0.222 e. The second-order valence-electron chi connectivity index (χ2n) is 4.12. The molecule has 1 aromatic rings. The van der Waals surface area contributed by atoms with E-state index in [1.807, 2.05) is 0 Å². The van der Waals surface area contributed by atoms with E-state index in [-0.39, 0.29) is 0 Å². The maximum atomic E-state index is 5.71. The Bertz CT molecular complexity index is 287. The fourth-order valence-electron chi connectivity index (χ4n) is 1.56. The van der Waals surface area contributed by atoms with E-state index in [4.69, 9.17) is 11.6 Å². The Morgan fingerprint density at radius 3 is 2.56 bits per heavy atom. The molecule has 0 aromatic carbocycles. The van der Waals surface area contributed by atoms with E-state index in [2.05, 4.69) is 29.1 Å². The van der Waals surface area contributed by atoms with E-state index < -0.39 is 0 Å². The highest BCUT2D eigenvalue weighted by atomic mass is 35.5. The van der Waals surface area contributed by atoms with Crippen LogP contribution in [0, 0.1) is 0 Å². The lowest BCUT2D eigenvalue weighted by molar-refractivity contribution is 0.591. The summed E-state index contributed by atoms with van der Waals surface area (Å²) in [6.45, 7) is 4.38. The Morgan fingerprint density at radius 2 is 1.94 bits per heavy atom. The Morgan fingerprint density at radius 1 is 1.25 bits per heavy atom. The number of nitrogens with one attached hydrogen (secondary N) is 1. The molecule has 0 saturated carbocycles. The zero-order chi connectivity index (χ0) is 11.8. The fraction of sp³-hybridized carbons (Fsp3) is 0.667. The molecule has 0 bridgehead atoms. The molecule has 0 aliphatic heterocycles. The molecule has 1 aromatic heterocycles. The maximum absolute atomic E-state index is 5.71. The summed E-state index contributed by atoms with van der Waals surface area (Å²) >= 11 is 5.71. The normalized spacial score (nSPS) is 12.4. The minimum atomic E-state index is 0.415. The van der Waals surface area contributed by atoms with Crippen molar-refractivity contribution in [2.45, 2.75) is 52.0 Å². The van der Waals surface area contributed by atoms with Crippen molar-refractivity contribution in [1.29, 1.82) is 0 Å². The van der Waals surface area contributed by atoms with E-state index >= 15 is 0 Å². The van der Waals surface area contributed by atoms with Crippen molar-refractivity contribution in [3.63, 3.8) is 0 Å². The predicted octanol–water partition coefficient (Wildman–Crippen LogP) is 3.90. The number of anilines is 1. The van der Waals surface area contributed by atoms with Crippen molar-refractivity contribution in [3.05, 3.63) is 17.4 Å². The van der Waals surface area contributed by atoms with Gasteiger partial charge in [-0.25, -0.2) is 9.97 Å². The molecule has 0 saturated heterocycles. The average Bonchev–Trinajstić information content (AvgIpc) is 2.28. The summed E-state index contributed by atoms with van der Waals surface area (Å²) in [5.74, 6) is 0.660. The Hall–Kier alpha value is -0.830. The van der Waals surface area contributed by atoms with Crippen LogP contribution in [0.2, 0.25) is 5.02 Å². The SMILES string of the molecule is CCCCCCC(C)Nc1ncc(Cl)cn1. The highest BCUT2D eigenvalue weighted by Crippen LogP contribution is 2.10. The quantitative estimate of drug-likeness (QED) is 0.736. The molecule has 1 unspecified atom stereocenters. The predicted molar refractivity (Wildman–Crippen MR) is 68.9 cm³/mol. The van der Waals surface area contributed by atoms with Gasteiger partial charge in [0.2, 0.25) is 5.95 Å². The highest BCUT2D eigenvalue weighted by molar-refractivity contribution is 6.30. The lowest BCUT2D eigenvalue weighted by Gasteiger charge is -2.13. The third kappa shape index (κ3) is 5.31. The molecule has 90 valence electrons. The zero-order valence-corrected chi connectivity index (χ0v) is 10.8. The van der Waals surface area contributed by atoms with Gasteiger partial charge in [-0.3, -0.25) is 0 Å². The van der Waals surface area contributed by atoms with Gasteiger partial charge in [0.05, 0.1) is 17.4 Å².